The highest BCUT2D eigenvalue weighted by molar-refractivity contribution is 5.87. The number of fused-ring (bicyclic) bond motifs is 1. The van der Waals surface area contributed by atoms with Gasteiger partial charge in [0.15, 0.2) is 17.0 Å². The van der Waals surface area contributed by atoms with Crippen LogP contribution in [0.15, 0.2) is 67.3 Å². The Hall–Kier alpha value is -3.21. The molecule has 25 heavy (non-hydrogen) atoms. The standard InChI is InChI=1S/C20H19N5/c1-3-24(17-11-7-8-15(2)12-17)19-18-20(22-13-21-19)25(14-23-18)16-9-5-4-6-10-16/h4-14H,3H2,1-2H3. The van der Waals surface area contributed by atoms with Gasteiger partial charge in [-0.05, 0) is 43.7 Å². The van der Waals surface area contributed by atoms with Crippen LogP contribution in [0, 0.1) is 6.92 Å². The predicted octanol–water partition coefficient (Wildman–Crippen LogP) is 4.28. The van der Waals surface area contributed by atoms with Crippen LogP contribution in [0.3, 0.4) is 0 Å². The van der Waals surface area contributed by atoms with Crippen LogP contribution < -0.4 is 4.90 Å². The Morgan fingerprint density at radius 1 is 0.960 bits per heavy atom. The van der Waals surface area contributed by atoms with E-state index in [0.29, 0.717) is 0 Å². The second-order valence-electron chi connectivity index (χ2n) is 5.90. The number of anilines is 2. The third-order valence-electron chi connectivity index (χ3n) is 4.23. The molecule has 0 aliphatic carbocycles. The first kappa shape index (κ1) is 15.3. The largest absolute Gasteiger partial charge is 0.325 e. The molecule has 0 saturated carbocycles. The van der Waals surface area contributed by atoms with Crippen molar-refractivity contribution in [2.75, 3.05) is 11.4 Å². The lowest BCUT2D eigenvalue weighted by Gasteiger charge is -2.22. The fourth-order valence-electron chi connectivity index (χ4n) is 3.05. The summed E-state index contributed by atoms with van der Waals surface area (Å²) >= 11 is 0. The van der Waals surface area contributed by atoms with Crippen molar-refractivity contribution >= 4 is 22.7 Å². The van der Waals surface area contributed by atoms with E-state index >= 15 is 0 Å². The highest BCUT2D eigenvalue weighted by Gasteiger charge is 2.17. The molecule has 0 fully saturated rings. The van der Waals surface area contributed by atoms with Gasteiger partial charge in [-0.15, -0.1) is 0 Å². The first-order chi connectivity index (χ1) is 12.3. The third kappa shape index (κ3) is 2.74. The lowest BCUT2D eigenvalue weighted by molar-refractivity contribution is 0.983. The van der Waals surface area contributed by atoms with Crippen molar-refractivity contribution in [1.82, 2.24) is 19.5 Å². The molecule has 2 aromatic carbocycles. The Bertz CT molecular complexity index is 1010. The minimum Gasteiger partial charge on any atom is -0.325 e. The van der Waals surface area contributed by atoms with Crippen LogP contribution in [0.4, 0.5) is 11.5 Å². The molecule has 4 aromatic rings. The van der Waals surface area contributed by atoms with Crippen molar-refractivity contribution in [2.24, 2.45) is 0 Å². The van der Waals surface area contributed by atoms with Crippen molar-refractivity contribution in [1.29, 1.82) is 0 Å². The first-order valence-electron chi connectivity index (χ1n) is 8.35. The molecule has 0 atom stereocenters. The summed E-state index contributed by atoms with van der Waals surface area (Å²) in [5.41, 5.74) is 4.97. The summed E-state index contributed by atoms with van der Waals surface area (Å²) in [4.78, 5) is 15.8. The number of nitrogens with zero attached hydrogens (tertiary/aromatic N) is 5. The molecule has 0 aliphatic heterocycles. The summed E-state index contributed by atoms with van der Waals surface area (Å²) in [6, 6.07) is 18.5. The number of benzene rings is 2. The van der Waals surface area contributed by atoms with Crippen LogP contribution >= 0.6 is 0 Å². The zero-order valence-corrected chi connectivity index (χ0v) is 14.3. The number of aryl methyl sites for hydroxylation is 1. The molecule has 0 spiro atoms. The van der Waals surface area contributed by atoms with Gasteiger partial charge in [0.05, 0.1) is 0 Å². The van der Waals surface area contributed by atoms with Crippen molar-refractivity contribution < 1.29 is 0 Å². The minimum absolute atomic E-state index is 0.799. The fraction of sp³-hybridized carbons (Fsp3) is 0.150. The summed E-state index contributed by atoms with van der Waals surface area (Å²) in [5, 5.41) is 0. The summed E-state index contributed by atoms with van der Waals surface area (Å²) in [6.45, 7) is 5.01. The van der Waals surface area contributed by atoms with Gasteiger partial charge in [0.1, 0.15) is 12.7 Å². The van der Waals surface area contributed by atoms with Gasteiger partial charge < -0.3 is 4.90 Å². The van der Waals surface area contributed by atoms with Crippen LogP contribution in [0.1, 0.15) is 12.5 Å². The number of aromatic nitrogens is 4. The molecule has 5 heteroatoms. The normalized spacial score (nSPS) is 11.0. The number of rotatable bonds is 4. The summed E-state index contributed by atoms with van der Waals surface area (Å²) in [7, 11) is 0. The lowest BCUT2D eigenvalue weighted by atomic mass is 10.2. The maximum absolute atomic E-state index is 4.61. The maximum Gasteiger partial charge on any atom is 0.170 e. The molecule has 5 nitrogen and oxygen atoms in total. The lowest BCUT2D eigenvalue weighted by Crippen LogP contribution is -2.18. The van der Waals surface area contributed by atoms with Gasteiger partial charge in [-0.25, -0.2) is 15.0 Å². The number of imidazole rings is 1. The van der Waals surface area contributed by atoms with Crippen molar-refractivity contribution in [2.45, 2.75) is 13.8 Å². The molecule has 0 aliphatic rings. The minimum atomic E-state index is 0.799. The van der Waals surface area contributed by atoms with Gasteiger partial charge >= 0.3 is 0 Å². The van der Waals surface area contributed by atoms with Crippen LogP contribution in [-0.2, 0) is 0 Å². The van der Waals surface area contributed by atoms with Gasteiger partial charge in [-0.2, -0.15) is 0 Å². The Morgan fingerprint density at radius 2 is 1.80 bits per heavy atom. The van der Waals surface area contributed by atoms with Crippen LogP contribution in [0.25, 0.3) is 16.9 Å². The van der Waals surface area contributed by atoms with Crippen LogP contribution in [-0.4, -0.2) is 26.1 Å². The molecule has 2 aromatic heterocycles. The smallest absolute Gasteiger partial charge is 0.170 e. The molecule has 0 radical (unpaired) electrons. The van der Waals surface area contributed by atoms with Gasteiger partial charge in [0.25, 0.3) is 0 Å². The summed E-state index contributed by atoms with van der Waals surface area (Å²) < 4.78 is 1.99. The average Bonchev–Trinajstić information content (AvgIpc) is 3.08. The molecule has 124 valence electrons. The number of para-hydroxylation sites is 1. The molecule has 0 saturated heterocycles. The molecule has 0 unspecified atom stereocenters. The number of hydrogen-bond acceptors (Lipinski definition) is 4. The van der Waals surface area contributed by atoms with E-state index in [-0.39, 0.29) is 0 Å². The molecule has 2 heterocycles. The second kappa shape index (κ2) is 6.36. The van der Waals surface area contributed by atoms with Gasteiger partial charge in [0, 0.05) is 17.9 Å². The number of hydrogen-bond donors (Lipinski definition) is 0. The van der Waals surface area contributed by atoms with E-state index in [1.54, 1.807) is 6.33 Å². The van der Waals surface area contributed by atoms with E-state index in [9.17, 15) is 0 Å². The highest BCUT2D eigenvalue weighted by Crippen LogP contribution is 2.29. The Labute approximate surface area is 146 Å². The van der Waals surface area contributed by atoms with E-state index in [0.717, 1.165) is 34.9 Å². The molecular formula is C20H19N5. The van der Waals surface area contributed by atoms with Crippen LogP contribution in [0.5, 0.6) is 0 Å². The third-order valence-corrected chi connectivity index (χ3v) is 4.23. The highest BCUT2D eigenvalue weighted by atomic mass is 15.2. The summed E-state index contributed by atoms with van der Waals surface area (Å²) in [5.74, 6) is 0.827. The van der Waals surface area contributed by atoms with Crippen molar-refractivity contribution in [3.05, 3.63) is 72.8 Å². The van der Waals surface area contributed by atoms with E-state index in [2.05, 4.69) is 58.0 Å². The first-order valence-corrected chi connectivity index (χ1v) is 8.35. The Morgan fingerprint density at radius 3 is 2.56 bits per heavy atom. The Kier molecular flexibility index (Phi) is 3.90. The van der Waals surface area contributed by atoms with E-state index in [4.69, 9.17) is 0 Å². The van der Waals surface area contributed by atoms with E-state index in [1.807, 2.05) is 41.2 Å². The predicted molar refractivity (Wildman–Crippen MR) is 101 cm³/mol. The fourth-order valence-corrected chi connectivity index (χ4v) is 3.05. The van der Waals surface area contributed by atoms with Gasteiger partial charge in [-0.1, -0.05) is 30.3 Å². The average molecular weight is 329 g/mol. The molecule has 4 rings (SSSR count). The molecule has 0 N–H and O–H groups in total. The zero-order valence-electron chi connectivity index (χ0n) is 14.3. The Balaban J connectivity index is 1.87. The van der Waals surface area contributed by atoms with Crippen molar-refractivity contribution in [3.8, 4) is 5.69 Å². The van der Waals surface area contributed by atoms with Gasteiger partial charge in [0.2, 0.25) is 0 Å². The molecule has 0 bridgehead atoms. The zero-order chi connectivity index (χ0) is 17.2. The van der Waals surface area contributed by atoms with E-state index < -0.39 is 0 Å². The van der Waals surface area contributed by atoms with Gasteiger partial charge in [-0.3, -0.25) is 4.57 Å². The maximum atomic E-state index is 4.61. The quantitative estimate of drug-likeness (QED) is 0.560. The van der Waals surface area contributed by atoms with E-state index in [1.165, 1.54) is 5.56 Å². The molecule has 0 amide bonds. The molecular weight excluding hydrogens is 310 g/mol. The SMILES string of the molecule is CCN(c1cccc(C)c1)c1ncnc2c1ncn2-c1ccccc1. The topological polar surface area (TPSA) is 46.8 Å². The second-order valence-corrected chi connectivity index (χ2v) is 5.90. The summed E-state index contributed by atoms with van der Waals surface area (Å²) in [6.07, 6.45) is 3.42. The monoisotopic (exact) mass is 329 g/mol. The van der Waals surface area contributed by atoms with Crippen molar-refractivity contribution in [3.63, 3.8) is 0 Å². The van der Waals surface area contributed by atoms with Crippen LogP contribution in [0.2, 0.25) is 0 Å².